The number of aliphatic hydroxyl groups is 1. The van der Waals surface area contributed by atoms with Crippen molar-refractivity contribution in [3.05, 3.63) is 95.0 Å². The third kappa shape index (κ3) is 5.88. The van der Waals surface area contributed by atoms with Crippen LogP contribution in [0.4, 0.5) is 5.69 Å². The number of β-amino-alcohol motifs (C(OH)–C–C–N with tert-alkyl or cyclic N) is 1. The van der Waals surface area contributed by atoms with Gasteiger partial charge in [-0.1, -0.05) is 48.0 Å². The smallest absolute Gasteiger partial charge is 0.193 e. The minimum absolute atomic E-state index is 0.0194. The van der Waals surface area contributed by atoms with Crippen LogP contribution >= 0.6 is 11.6 Å². The monoisotopic (exact) mass is 450 g/mol. The largest absolute Gasteiger partial charge is 0.491 e. The molecule has 1 heterocycles. The molecule has 1 unspecified atom stereocenters. The van der Waals surface area contributed by atoms with Gasteiger partial charge in [-0.25, -0.2) is 0 Å². The Balaban J connectivity index is 1.21. The van der Waals surface area contributed by atoms with Crippen molar-refractivity contribution >= 4 is 23.1 Å². The average molecular weight is 451 g/mol. The summed E-state index contributed by atoms with van der Waals surface area (Å²) in [7, 11) is 0. The van der Waals surface area contributed by atoms with Gasteiger partial charge in [0.1, 0.15) is 18.5 Å². The van der Waals surface area contributed by atoms with Crippen molar-refractivity contribution in [2.45, 2.75) is 6.10 Å². The number of hydrogen-bond acceptors (Lipinski definition) is 5. The zero-order valence-corrected chi connectivity index (χ0v) is 18.6. The summed E-state index contributed by atoms with van der Waals surface area (Å²) in [5.41, 5.74) is 2.41. The van der Waals surface area contributed by atoms with Crippen LogP contribution < -0.4 is 9.64 Å². The molecule has 1 atom stereocenters. The zero-order valence-electron chi connectivity index (χ0n) is 17.9. The third-order valence-electron chi connectivity index (χ3n) is 5.61. The van der Waals surface area contributed by atoms with Crippen LogP contribution in [0.2, 0.25) is 5.02 Å². The van der Waals surface area contributed by atoms with Gasteiger partial charge in [0.25, 0.3) is 0 Å². The van der Waals surface area contributed by atoms with Crippen LogP contribution in [0.5, 0.6) is 5.75 Å². The molecule has 0 amide bonds. The van der Waals surface area contributed by atoms with Gasteiger partial charge >= 0.3 is 0 Å². The Kier molecular flexibility index (Phi) is 7.43. The van der Waals surface area contributed by atoms with Gasteiger partial charge in [-0.2, -0.15) is 0 Å². The van der Waals surface area contributed by atoms with E-state index in [1.807, 2.05) is 36.4 Å². The number of nitrogens with zero attached hydrogens (tertiary/aromatic N) is 2. The second-order valence-electron chi connectivity index (χ2n) is 7.95. The molecule has 0 radical (unpaired) electrons. The zero-order chi connectivity index (χ0) is 22.3. The first-order valence-corrected chi connectivity index (χ1v) is 11.2. The first-order valence-electron chi connectivity index (χ1n) is 10.8. The highest BCUT2D eigenvalue weighted by atomic mass is 35.5. The molecule has 32 heavy (non-hydrogen) atoms. The quantitative estimate of drug-likeness (QED) is 0.523. The molecule has 0 bridgehead atoms. The van der Waals surface area contributed by atoms with E-state index >= 15 is 0 Å². The highest BCUT2D eigenvalue weighted by Gasteiger charge is 2.20. The Morgan fingerprint density at radius 2 is 1.59 bits per heavy atom. The van der Waals surface area contributed by atoms with E-state index in [0.29, 0.717) is 23.4 Å². The number of ether oxygens (including phenoxy) is 1. The van der Waals surface area contributed by atoms with Crippen LogP contribution in [0.15, 0.2) is 78.9 Å². The number of carbonyl (C=O) groups is 1. The second-order valence-corrected chi connectivity index (χ2v) is 8.39. The lowest BCUT2D eigenvalue weighted by molar-refractivity contribution is 0.0663. The maximum absolute atomic E-state index is 12.5. The normalized spacial score (nSPS) is 15.4. The third-order valence-corrected chi connectivity index (χ3v) is 5.84. The molecule has 0 spiro atoms. The fourth-order valence-corrected chi connectivity index (χ4v) is 4.05. The molecule has 6 heteroatoms. The first-order chi connectivity index (χ1) is 15.6. The summed E-state index contributed by atoms with van der Waals surface area (Å²) in [4.78, 5) is 17.0. The van der Waals surface area contributed by atoms with Gasteiger partial charge in [-0.05, 0) is 42.5 Å². The number of benzene rings is 3. The molecule has 4 rings (SSSR count). The molecule has 1 aliphatic heterocycles. The van der Waals surface area contributed by atoms with Crippen molar-refractivity contribution in [2.24, 2.45) is 0 Å². The van der Waals surface area contributed by atoms with E-state index in [-0.39, 0.29) is 12.4 Å². The van der Waals surface area contributed by atoms with Crippen LogP contribution in [0.3, 0.4) is 0 Å². The SMILES string of the molecule is O=C(c1ccccc1)c1ccc(OCC(O)CN2CCN(c3cccc(Cl)c3)CC2)cc1. The summed E-state index contributed by atoms with van der Waals surface area (Å²) in [5.74, 6) is 0.619. The molecule has 0 saturated carbocycles. The maximum Gasteiger partial charge on any atom is 0.193 e. The van der Waals surface area contributed by atoms with Gasteiger partial charge in [0.2, 0.25) is 0 Å². The van der Waals surface area contributed by atoms with Crippen molar-refractivity contribution in [1.29, 1.82) is 0 Å². The Bertz CT molecular complexity index is 1020. The molecule has 1 saturated heterocycles. The number of halogens is 1. The molecule has 3 aromatic rings. The van der Waals surface area contributed by atoms with Crippen LogP contribution in [0.1, 0.15) is 15.9 Å². The topological polar surface area (TPSA) is 53.0 Å². The molecule has 0 aromatic heterocycles. The fraction of sp³-hybridized carbons (Fsp3) is 0.269. The molecular formula is C26H27ClN2O3. The lowest BCUT2D eigenvalue weighted by atomic mass is 10.0. The molecule has 3 aromatic carbocycles. The van der Waals surface area contributed by atoms with Gasteiger partial charge in [0.05, 0.1) is 0 Å². The molecule has 1 aliphatic rings. The van der Waals surface area contributed by atoms with E-state index in [4.69, 9.17) is 16.3 Å². The van der Waals surface area contributed by atoms with Crippen molar-refractivity contribution in [3.63, 3.8) is 0 Å². The molecule has 5 nitrogen and oxygen atoms in total. The van der Waals surface area contributed by atoms with Crippen LogP contribution in [0, 0.1) is 0 Å². The van der Waals surface area contributed by atoms with Crippen molar-refractivity contribution in [1.82, 2.24) is 4.90 Å². The summed E-state index contributed by atoms with van der Waals surface area (Å²) >= 11 is 6.10. The number of anilines is 1. The number of carbonyl (C=O) groups excluding carboxylic acids is 1. The van der Waals surface area contributed by atoms with Crippen molar-refractivity contribution in [3.8, 4) is 5.75 Å². The second kappa shape index (κ2) is 10.6. The van der Waals surface area contributed by atoms with Crippen molar-refractivity contribution in [2.75, 3.05) is 44.2 Å². The van der Waals surface area contributed by atoms with Gasteiger partial charge < -0.3 is 14.7 Å². The van der Waals surface area contributed by atoms with Crippen molar-refractivity contribution < 1.29 is 14.6 Å². The first kappa shape index (κ1) is 22.3. The fourth-order valence-electron chi connectivity index (χ4n) is 3.86. The van der Waals surface area contributed by atoms with E-state index < -0.39 is 6.10 Å². The molecule has 1 N–H and O–H groups in total. The molecule has 1 fully saturated rings. The van der Waals surface area contributed by atoms with E-state index in [9.17, 15) is 9.90 Å². The Labute approximate surface area is 193 Å². The maximum atomic E-state index is 12.5. The minimum Gasteiger partial charge on any atom is -0.491 e. The summed E-state index contributed by atoms with van der Waals surface area (Å²) < 4.78 is 5.74. The predicted octanol–water partition coefficient (Wildman–Crippen LogP) is 4.13. The van der Waals surface area contributed by atoms with Gasteiger partial charge in [-0.15, -0.1) is 0 Å². The average Bonchev–Trinajstić information content (AvgIpc) is 2.84. The van der Waals surface area contributed by atoms with E-state index in [0.717, 1.165) is 36.9 Å². The Hall–Kier alpha value is -2.86. The van der Waals surface area contributed by atoms with E-state index in [2.05, 4.69) is 15.9 Å². The molecule has 0 aliphatic carbocycles. The van der Waals surface area contributed by atoms with Crippen LogP contribution in [0.25, 0.3) is 0 Å². The molecule has 166 valence electrons. The summed E-state index contributed by atoms with van der Waals surface area (Å²) in [5, 5.41) is 11.2. The number of rotatable bonds is 8. The Morgan fingerprint density at radius 1 is 0.906 bits per heavy atom. The van der Waals surface area contributed by atoms with E-state index in [1.54, 1.807) is 36.4 Å². The van der Waals surface area contributed by atoms with Gasteiger partial charge in [0, 0.05) is 54.6 Å². The Morgan fingerprint density at radius 3 is 2.28 bits per heavy atom. The lowest BCUT2D eigenvalue weighted by Gasteiger charge is -2.36. The van der Waals surface area contributed by atoms with Gasteiger partial charge in [0.15, 0.2) is 5.78 Å². The molecular weight excluding hydrogens is 424 g/mol. The van der Waals surface area contributed by atoms with Crippen LogP contribution in [-0.4, -0.2) is 61.2 Å². The number of aliphatic hydroxyl groups excluding tert-OH is 1. The standard InChI is InChI=1S/C26H27ClN2O3/c27-22-7-4-8-23(17-22)29-15-13-28(14-16-29)18-24(30)19-32-25-11-9-21(10-12-25)26(31)20-5-2-1-3-6-20/h1-12,17,24,30H,13-16,18-19H2. The van der Waals surface area contributed by atoms with E-state index in [1.165, 1.54) is 0 Å². The highest BCUT2D eigenvalue weighted by molar-refractivity contribution is 6.30. The summed E-state index contributed by atoms with van der Waals surface area (Å²) in [6.45, 7) is 4.31. The summed E-state index contributed by atoms with van der Waals surface area (Å²) in [6, 6.07) is 24.2. The van der Waals surface area contributed by atoms with Crippen LogP contribution in [-0.2, 0) is 0 Å². The number of hydrogen-bond donors (Lipinski definition) is 1. The lowest BCUT2D eigenvalue weighted by Crippen LogP contribution is -2.49. The number of ketones is 1. The minimum atomic E-state index is -0.585. The summed E-state index contributed by atoms with van der Waals surface area (Å²) in [6.07, 6.45) is -0.585. The number of piperazine rings is 1. The predicted molar refractivity (Wildman–Crippen MR) is 128 cm³/mol. The highest BCUT2D eigenvalue weighted by Crippen LogP contribution is 2.21. The van der Waals surface area contributed by atoms with Gasteiger partial charge in [-0.3, -0.25) is 9.69 Å².